The number of carbonyl (C=O) groups is 2. The average molecular weight is 356 g/mol. The second-order valence-electron chi connectivity index (χ2n) is 6.78. The highest BCUT2D eigenvalue weighted by molar-refractivity contribution is 5.96. The third-order valence-electron chi connectivity index (χ3n) is 4.82. The summed E-state index contributed by atoms with van der Waals surface area (Å²) in [5, 5.41) is 9.12. The number of morpholine rings is 1. The maximum atomic E-state index is 13.1. The molecule has 26 heavy (non-hydrogen) atoms. The van der Waals surface area contributed by atoms with Gasteiger partial charge in [0.15, 0.2) is 0 Å². The van der Waals surface area contributed by atoms with Crippen LogP contribution in [0, 0.1) is 20.8 Å². The van der Waals surface area contributed by atoms with Gasteiger partial charge in [-0.3, -0.25) is 9.59 Å². The highest BCUT2D eigenvalue weighted by atomic mass is 16.5. The molecule has 2 heterocycles. The lowest BCUT2D eigenvalue weighted by Crippen LogP contribution is -2.49. The van der Waals surface area contributed by atoms with Crippen molar-refractivity contribution in [3.8, 4) is 5.69 Å². The number of amides is 1. The molecule has 0 aliphatic carbocycles. The number of hydrogen-bond acceptors (Lipinski definition) is 3. The molecule has 0 spiro atoms. The van der Waals surface area contributed by atoms with Crippen LogP contribution in [0.25, 0.3) is 5.69 Å². The maximum absolute atomic E-state index is 13.1. The van der Waals surface area contributed by atoms with Gasteiger partial charge in [0.1, 0.15) is 0 Å². The second kappa shape index (κ2) is 7.33. The van der Waals surface area contributed by atoms with E-state index < -0.39 is 12.0 Å². The molecular weight excluding hydrogens is 332 g/mol. The predicted molar refractivity (Wildman–Crippen MR) is 97.9 cm³/mol. The van der Waals surface area contributed by atoms with E-state index in [0.29, 0.717) is 18.7 Å². The van der Waals surface area contributed by atoms with E-state index in [9.17, 15) is 9.59 Å². The Morgan fingerprint density at radius 3 is 2.69 bits per heavy atom. The van der Waals surface area contributed by atoms with Gasteiger partial charge in [-0.05, 0) is 44.5 Å². The van der Waals surface area contributed by atoms with Gasteiger partial charge >= 0.3 is 5.97 Å². The van der Waals surface area contributed by atoms with Gasteiger partial charge in [0.05, 0.1) is 31.2 Å². The number of aliphatic carboxylic acids is 1. The Kier molecular flexibility index (Phi) is 5.13. The van der Waals surface area contributed by atoms with Crippen molar-refractivity contribution >= 4 is 11.9 Å². The molecular formula is C20H24N2O4. The minimum Gasteiger partial charge on any atom is -0.481 e. The first-order chi connectivity index (χ1) is 12.4. The topological polar surface area (TPSA) is 71.8 Å². The second-order valence-corrected chi connectivity index (χ2v) is 6.78. The number of hydrogen-bond donors (Lipinski definition) is 1. The van der Waals surface area contributed by atoms with Crippen molar-refractivity contribution in [2.75, 3.05) is 19.8 Å². The zero-order valence-electron chi connectivity index (χ0n) is 15.4. The first-order valence-corrected chi connectivity index (χ1v) is 8.75. The predicted octanol–water partition coefficient (Wildman–Crippen LogP) is 2.72. The van der Waals surface area contributed by atoms with E-state index >= 15 is 0 Å². The molecule has 1 aromatic carbocycles. The lowest BCUT2D eigenvalue weighted by atomic mass is 10.1. The standard InChI is InChI=1S/C20H24N2O4/c1-13-5-4-6-16(9-13)22-14(2)10-18(15(22)3)20(25)21-7-8-26-12-17(21)11-19(23)24/h4-6,9-10,17H,7-8,11-12H2,1-3H3,(H,23,24). The molecule has 1 aliphatic heterocycles. The van der Waals surface area contributed by atoms with Crippen molar-refractivity contribution in [3.63, 3.8) is 0 Å². The monoisotopic (exact) mass is 356 g/mol. The van der Waals surface area contributed by atoms with E-state index in [0.717, 1.165) is 22.6 Å². The van der Waals surface area contributed by atoms with Gasteiger partial charge in [0.25, 0.3) is 5.91 Å². The minimum atomic E-state index is -0.927. The third-order valence-corrected chi connectivity index (χ3v) is 4.82. The van der Waals surface area contributed by atoms with Crippen LogP contribution in [-0.4, -0.2) is 52.3 Å². The smallest absolute Gasteiger partial charge is 0.305 e. The molecule has 1 unspecified atom stereocenters. The summed E-state index contributed by atoms with van der Waals surface area (Å²) in [6.07, 6.45) is -0.109. The van der Waals surface area contributed by atoms with E-state index in [2.05, 4.69) is 10.6 Å². The molecule has 6 nitrogen and oxygen atoms in total. The molecule has 1 atom stereocenters. The third kappa shape index (κ3) is 3.51. The van der Waals surface area contributed by atoms with Gasteiger partial charge in [-0.1, -0.05) is 12.1 Å². The number of rotatable bonds is 4. The highest BCUT2D eigenvalue weighted by Crippen LogP contribution is 2.24. The van der Waals surface area contributed by atoms with Crippen molar-refractivity contribution < 1.29 is 19.4 Å². The van der Waals surface area contributed by atoms with Crippen molar-refractivity contribution in [2.45, 2.75) is 33.2 Å². The van der Waals surface area contributed by atoms with Crippen molar-refractivity contribution in [1.82, 2.24) is 9.47 Å². The van der Waals surface area contributed by atoms with E-state index in [-0.39, 0.29) is 18.9 Å². The van der Waals surface area contributed by atoms with Gasteiger partial charge < -0.3 is 19.3 Å². The Balaban J connectivity index is 1.95. The molecule has 1 aliphatic rings. The largest absolute Gasteiger partial charge is 0.481 e. The summed E-state index contributed by atoms with van der Waals surface area (Å²) in [4.78, 5) is 25.9. The van der Waals surface area contributed by atoms with Gasteiger partial charge in [-0.2, -0.15) is 0 Å². The Hall–Kier alpha value is -2.60. The lowest BCUT2D eigenvalue weighted by molar-refractivity contribution is -0.139. The fourth-order valence-corrected chi connectivity index (χ4v) is 3.59. The van der Waals surface area contributed by atoms with Crippen LogP contribution in [0.5, 0.6) is 0 Å². The van der Waals surface area contributed by atoms with Gasteiger partial charge in [-0.15, -0.1) is 0 Å². The molecule has 1 fully saturated rings. The molecule has 3 rings (SSSR count). The van der Waals surface area contributed by atoms with Gasteiger partial charge in [0, 0.05) is 23.6 Å². The van der Waals surface area contributed by atoms with E-state index in [1.54, 1.807) is 4.90 Å². The summed E-state index contributed by atoms with van der Waals surface area (Å²) in [5.74, 6) is -1.06. The number of carbonyl (C=O) groups excluding carboxylic acids is 1. The molecule has 0 radical (unpaired) electrons. The van der Waals surface area contributed by atoms with E-state index in [1.165, 1.54) is 0 Å². The van der Waals surface area contributed by atoms with Crippen LogP contribution < -0.4 is 0 Å². The van der Waals surface area contributed by atoms with Crippen LogP contribution in [0.2, 0.25) is 0 Å². The number of nitrogens with zero attached hydrogens (tertiary/aromatic N) is 2. The SMILES string of the molecule is Cc1cccc(-n2c(C)cc(C(=O)N3CCOCC3CC(=O)O)c2C)c1. The number of benzene rings is 1. The van der Waals surface area contributed by atoms with Crippen LogP contribution in [0.4, 0.5) is 0 Å². The zero-order valence-corrected chi connectivity index (χ0v) is 15.4. The maximum Gasteiger partial charge on any atom is 0.305 e. The Labute approximate surface area is 153 Å². The summed E-state index contributed by atoms with van der Waals surface area (Å²) in [5.41, 5.74) is 4.61. The Morgan fingerprint density at radius 1 is 1.23 bits per heavy atom. The molecule has 1 amide bonds. The van der Waals surface area contributed by atoms with Gasteiger partial charge in [-0.25, -0.2) is 0 Å². The fraction of sp³-hybridized carbons (Fsp3) is 0.400. The first kappa shape index (κ1) is 18.2. The summed E-state index contributed by atoms with van der Waals surface area (Å²) < 4.78 is 7.44. The lowest BCUT2D eigenvalue weighted by Gasteiger charge is -2.34. The fourth-order valence-electron chi connectivity index (χ4n) is 3.59. The van der Waals surface area contributed by atoms with Crippen LogP contribution in [0.3, 0.4) is 0 Å². The quantitative estimate of drug-likeness (QED) is 0.914. The van der Waals surface area contributed by atoms with Crippen LogP contribution in [0.1, 0.15) is 33.7 Å². The first-order valence-electron chi connectivity index (χ1n) is 8.75. The minimum absolute atomic E-state index is 0.109. The molecule has 1 saturated heterocycles. The molecule has 138 valence electrons. The van der Waals surface area contributed by atoms with Gasteiger partial charge in [0.2, 0.25) is 0 Å². The molecule has 1 aromatic heterocycles. The number of aryl methyl sites for hydroxylation is 2. The molecule has 1 N–H and O–H groups in total. The zero-order chi connectivity index (χ0) is 18.8. The molecule has 2 aromatic rings. The van der Waals surface area contributed by atoms with Crippen LogP contribution in [0.15, 0.2) is 30.3 Å². The summed E-state index contributed by atoms with van der Waals surface area (Å²) in [6.45, 7) is 7.03. The summed E-state index contributed by atoms with van der Waals surface area (Å²) in [7, 11) is 0. The van der Waals surface area contributed by atoms with Crippen LogP contribution >= 0.6 is 0 Å². The number of carboxylic acids is 1. The summed E-state index contributed by atoms with van der Waals surface area (Å²) >= 11 is 0. The normalized spacial score (nSPS) is 17.3. The molecule has 6 heteroatoms. The number of ether oxygens (including phenoxy) is 1. The average Bonchev–Trinajstić information content (AvgIpc) is 2.89. The highest BCUT2D eigenvalue weighted by Gasteiger charge is 2.31. The Bertz CT molecular complexity index is 840. The van der Waals surface area contributed by atoms with E-state index in [4.69, 9.17) is 9.84 Å². The molecule has 0 saturated carbocycles. The number of carboxylic acid groups (broad SMARTS) is 1. The van der Waals surface area contributed by atoms with Crippen molar-refractivity contribution in [3.05, 3.63) is 52.8 Å². The summed E-state index contributed by atoms with van der Waals surface area (Å²) in [6, 6.07) is 9.58. The Morgan fingerprint density at radius 2 is 2.00 bits per heavy atom. The van der Waals surface area contributed by atoms with Crippen LogP contribution in [-0.2, 0) is 9.53 Å². The molecule has 0 bridgehead atoms. The van der Waals surface area contributed by atoms with Crippen molar-refractivity contribution in [1.29, 1.82) is 0 Å². The van der Waals surface area contributed by atoms with E-state index in [1.807, 2.05) is 45.0 Å². The van der Waals surface area contributed by atoms with Crippen molar-refractivity contribution in [2.24, 2.45) is 0 Å². The number of aromatic nitrogens is 1.